The molecule has 146 valence electrons. The van der Waals surface area contributed by atoms with Gasteiger partial charge in [-0.25, -0.2) is 9.59 Å². The van der Waals surface area contributed by atoms with Crippen LogP contribution in [0.5, 0.6) is 0 Å². The predicted molar refractivity (Wildman–Crippen MR) is 102 cm³/mol. The summed E-state index contributed by atoms with van der Waals surface area (Å²) in [6.45, 7) is 18.4. The number of ether oxygens (including phenoxy) is 2. The Morgan fingerprint density at radius 2 is 1.68 bits per heavy atom. The summed E-state index contributed by atoms with van der Waals surface area (Å²) < 4.78 is 16.3. The molecule has 0 aromatic carbocycles. The molecule has 1 atom stereocenters. The second-order valence-electron chi connectivity index (χ2n) is 8.44. The van der Waals surface area contributed by atoms with Crippen LogP contribution in [0.2, 0.25) is 18.1 Å². The zero-order chi connectivity index (χ0) is 19.9. The van der Waals surface area contributed by atoms with Crippen molar-refractivity contribution in [1.82, 2.24) is 5.32 Å². The first-order valence-electron chi connectivity index (χ1n) is 8.66. The lowest BCUT2D eigenvalue weighted by molar-refractivity contribution is -0.137. The van der Waals surface area contributed by atoms with Gasteiger partial charge in [0.1, 0.15) is 5.60 Å². The molecule has 0 bridgehead atoms. The predicted octanol–water partition coefficient (Wildman–Crippen LogP) is 4.02. The molecule has 0 aliphatic rings. The highest BCUT2D eigenvalue weighted by Gasteiger charge is 2.37. The van der Waals surface area contributed by atoms with Gasteiger partial charge < -0.3 is 19.2 Å². The van der Waals surface area contributed by atoms with Crippen molar-refractivity contribution in [3.05, 3.63) is 12.2 Å². The summed E-state index contributed by atoms with van der Waals surface area (Å²) >= 11 is 0. The lowest BCUT2D eigenvalue weighted by Gasteiger charge is -2.37. The average molecular weight is 374 g/mol. The molecule has 0 aromatic rings. The second-order valence-corrected chi connectivity index (χ2v) is 13.2. The van der Waals surface area contributed by atoms with E-state index in [0.717, 1.165) is 0 Å². The number of carbonyl (C=O) groups excluding carboxylic acids is 2. The highest BCUT2D eigenvalue weighted by Crippen LogP contribution is 2.36. The molecule has 0 saturated heterocycles. The number of hydrogen-bond donors (Lipinski definition) is 1. The second kappa shape index (κ2) is 9.38. The standard InChI is InChI=1S/C18H35NO5Si/c1-10-22-15(20)12-11-14(19-16(21)24-17(2,3)4)13-23-25(8,9)18(5,6)7/h11-12,14H,10,13H2,1-9H3,(H,19,21)/b12-11+/t14-/m0/s1. The minimum absolute atomic E-state index is 0.0499. The third-order valence-corrected chi connectivity index (χ3v) is 8.38. The van der Waals surface area contributed by atoms with Crippen molar-refractivity contribution in [1.29, 1.82) is 0 Å². The first-order chi connectivity index (χ1) is 11.2. The van der Waals surface area contributed by atoms with Gasteiger partial charge in [-0.2, -0.15) is 0 Å². The zero-order valence-electron chi connectivity index (χ0n) is 17.2. The fourth-order valence-electron chi connectivity index (χ4n) is 1.50. The first-order valence-corrected chi connectivity index (χ1v) is 11.6. The monoisotopic (exact) mass is 373 g/mol. The summed E-state index contributed by atoms with van der Waals surface area (Å²) in [7, 11) is -1.98. The molecular weight excluding hydrogens is 338 g/mol. The Morgan fingerprint density at radius 1 is 1.12 bits per heavy atom. The van der Waals surface area contributed by atoms with Crippen LogP contribution in [-0.4, -0.2) is 45.2 Å². The van der Waals surface area contributed by atoms with Crippen molar-refractivity contribution in [3.8, 4) is 0 Å². The Morgan fingerprint density at radius 3 is 2.12 bits per heavy atom. The van der Waals surface area contributed by atoms with Crippen LogP contribution in [-0.2, 0) is 18.7 Å². The summed E-state index contributed by atoms with van der Waals surface area (Å²) in [5, 5.41) is 2.79. The molecule has 7 heteroatoms. The molecule has 0 aliphatic heterocycles. The summed E-state index contributed by atoms with van der Waals surface area (Å²) in [5.74, 6) is -0.453. The molecule has 1 N–H and O–H groups in total. The van der Waals surface area contributed by atoms with Crippen LogP contribution < -0.4 is 5.32 Å². The Hall–Kier alpha value is -1.34. The van der Waals surface area contributed by atoms with Crippen molar-refractivity contribution in [2.75, 3.05) is 13.2 Å². The summed E-state index contributed by atoms with van der Waals surface area (Å²) in [6.07, 6.45) is 2.33. The zero-order valence-corrected chi connectivity index (χ0v) is 18.2. The highest BCUT2D eigenvalue weighted by atomic mass is 28.4. The van der Waals surface area contributed by atoms with Crippen LogP contribution in [0.25, 0.3) is 0 Å². The first kappa shape index (κ1) is 23.7. The van der Waals surface area contributed by atoms with Gasteiger partial charge in [-0.15, -0.1) is 0 Å². The number of amides is 1. The van der Waals surface area contributed by atoms with Gasteiger partial charge in [0, 0.05) is 6.08 Å². The number of nitrogens with one attached hydrogen (secondary N) is 1. The summed E-state index contributed by atoms with van der Waals surface area (Å²) in [4.78, 5) is 23.6. The molecule has 6 nitrogen and oxygen atoms in total. The SMILES string of the molecule is CCOC(=O)/C=C/[C@@H](CO[Si](C)(C)C(C)(C)C)NC(=O)OC(C)(C)C. The quantitative estimate of drug-likeness (QED) is 0.414. The molecule has 0 radical (unpaired) electrons. The topological polar surface area (TPSA) is 73.9 Å². The minimum atomic E-state index is -1.98. The van der Waals surface area contributed by atoms with Crippen LogP contribution in [0.15, 0.2) is 12.2 Å². The number of carbonyl (C=O) groups is 2. The number of hydrogen-bond acceptors (Lipinski definition) is 5. The van der Waals surface area contributed by atoms with E-state index >= 15 is 0 Å². The van der Waals surface area contributed by atoms with E-state index in [1.165, 1.54) is 6.08 Å². The minimum Gasteiger partial charge on any atom is -0.463 e. The van der Waals surface area contributed by atoms with Crippen molar-refractivity contribution in [3.63, 3.8) is 0 Å². The van der Waals surface area contributed by atoms with Crippen LogP contribution in [0.1, 0.15) is 48.5 Å². The Balaban J connectivity index is 5.01. The van der Waals surface area contributed by atoms with E-state index in [-0.39, 0.29) is 11.6 Å². The largest absolute Gasteiger partial charge is 0.463 e. The van der Waals surface area contributed by atoms with Crippen LogP contribution in [0, 0.1) is 0 Å². The van der Waals surface area contributed by atoms with E-state index in [9.17, 15) is 9.59 Å². The van der Waals surface area contributed by atoms with Crippen molar-refractivity contribution >= 4 is 20.4 Å². The van der Waals surface area contributed by atoms with Gasteiger partial charge in [-0.05, 0) is 45.8 Å². The normalized spacial score (nSPS) is 14.3. The van der Waals surface area contributed by atoms with Gasteiger partial charge in [-0.3, -0.25) is 0 Å². The molecule has 0 rings (SSSR count). The third-order valence-electron chi connectivity index (χ3n) is 3.88. The summed E-state index contributed by atoms with van der Waals surface area (Å²) in [5.41, 5.74) is -0.597. The molecule has 0 spiro atoms. The maximum Gasteiger partial charge on any atom is 0.408 e. The van der Waals surface area contributed by atoms with Crippen LogP contribution in [0.3, 0.4) is 0 Å². The fourth-order valence-corrected chi connectivity index (χ4v) is 2.53. The molecule has 0 fully saturated rings. The van der Waals surface area contributed by atoms with Gasteiger partial charge >= 0.3 is 12.1 Å². The van der Waals surface area contributed by atoms with E-state index < -0.39 is 32.0 Å². The summed E-state index contributed by atoms with van der Waals surface area (Å²) in [6, 6.07) is -0.478. The smallest absolute Gasteiger partial charge is 0.408 e. The van der Waals surface area contributed by atoms with Crippen LogP contribution >= 0.6 is 0 Å². The van der Waals surface area contributed by atoms with E-state index in [2.05, 4.69) is 39.2 Å². The van der Waals surface area contributed by atoms with Gasteiger partial charge in [0.2, 0.25) is 0 Å². The molecule has 0 aliphatic carbocycles. The Kier molecular flexibility index (Phi) is 8.88. The Labute approximate surface area is 153 Å². The maximum absolute atomic E-state index is 12.0. The van der Waals surface area contributed by atoms with Gasteiger partial charge in [0.15, 0.2) is 8.32 Å². The van der Waals surface area contributed by atoms with Crippen molar-refractivity contribution < 1.29 is 23.5 Å². The molecule has 0 heterocycles. The number of alkyl carbamates (subject to hydrolysis) is 1. The molecule has 1 amide bonds. The van der Waals surface area contributed by atoms with E-state index in [4.69, 9.17) is 13.9 Å². The molecular formula is C18H35NO5Si. The van der Waals surface area contributed by atoms with Gasteiger partial charge in [-0.1, -0.05) is 26.8 Å². The van der Waals surface area contributed by atoms with Crippen molar-refractivity contribution in [2.45, 2.75) is 78.2 Å². The van der Waals surface area contributed by atoms with E-state index in [1.54, 1.807) is 33.8 Å². The van der Waals surface area contributed by atoms with E-state index in [0.29, 0.717) is 6.61 Å². The van der Waals surface area contributed by atoms with Crippen molar-refractivity contribution in [2.24, 2.45) is 0 Å². The lowest BCUT2D eigenvalue weighted by atomic mass is 10.2. The number of rotatable bonds is 7. The van der Waals surface area contributed by atoms with Gasteiger partial charge in [0.05, 0.1) is 19.3 Å². The molecule has 0 aromatic heterocycles. The molecule has 25 heavy (non-hydrogen) atoms. The Bertz CT molecular complexity index is 475. The third kappa shape index (κ3) is 10.3. The molecule has 0 saturated carbocycles. The lowest BCUT2D eigenvalue weighted by Crippen LogP contribution is -2.46. The molecule has 0 unspecified atom stereocenters. The van der Waals surface area contributed by atoms with Crippen LogP contribution in [0.4, 0.5) is 4.79 Å². The van der Waals surface area contributed by atoms with E-state index in [1.807, 2.05) is 0 Å². The number of esters is 1. The fraction of sp³-hybridized carbons (Fsp3) is 0.778. The van der Waals surface area contributed by atoms with Gasteiger partial charge in [0.25, 0.3) is 0 Å². The average Bonchev–Trinajstić information content (AvgIpc) is 2.38. The maximum atomic E-state index is 12.0. The highest BCUT2D eigenvalue weighted by molar-refractivity contribution is 6.74.